The molecule has 2 bridgehead atoms. The summed E-state index contributed by atoms with van der Waals surface area (Å²) >= 11 is 0. The molecule has 34 heavy (non-hydrogen) atoms. The van der Waals surface area contributed by atoms with Crippen molar-refractivity contribution in [3.63, 3.8) is 0 Å². The number of aromatic nitrogens is 1. The number of nitrogens with zero attached hydrogens (tertiary/aromatic N) is 2. The molecule has 3 aliphatic carbocycles. The zero-order valence-electron chi connectivity index (χ0n) is 18.3. The first kappa shape index (κ1) is 23.3. The molecule has 1 saturated heterocycles. The summed E-state index contributed by atoms with van der Waals surface area (Å²) in [6.07, 6.45) is 0.735. The summed E-state index contributed by atoms with van der Waals surface area (Å²) < 4.78 is 61.7. The second kappa shape index (κ2) is 8.62. The van der Waals surface area contributed by atoms with Gasteiger partial charge in [-0.3, -0.25) is 13.9 Å². The zero-order chi connectivity index (χ0) is 24.1. The van der Waals surface area contributed by atoms with Crippen molar-refractivity contribution in [2.75, 3.05) is 29.9 Å². The lowest BCUT2D eigenvalue weighted by Gasteiger charge is -2.42. The molecule has 6 rings (SSSR count). The Morgan fingerprint density at radius 3 is 2.38 bits per heavy atom. The van der Waals surface area contributed by atoms with Crippen LogP contribution in [0.4, 0.5) is 24.5 Å². The van der Waals surface area contributed by atoms with E-state index in [0.717, 1.165) is 36.8 Å². The highest BCUT2D eigenvalue weighted by Crippen LogP contribution is 2.53. The molecule has 1 saturated carbocycles. The average molecular weight is 498 g/mol. The third-order valence-electron chi connectivity index (χ3n) is 6.91. The zero-order valence-corrected chi connectivity index (χ0v) is 19.2. The van der Waals surface area contributed by atoms with Gasteiger partial charge in [-0.25, -0.2) is 4.98 Å². The molecule has 2 fully saturated rings. The van der Waals surface area contributed by atoms with Gasteiger partial charge in [-0.2, -0.15) is 10.6 Å². The summed E-state index contributed by atoms with van der Waals surface area (Å²) in [4.78, 5) is 19.5. The SMILES string of the molecule is O=C(c1ncc(Nc2cccc(OC(F)(F)F)c2)c2c1C1CCC2CC1)N1CCS(O)(O)CC1. The van der Waals surface area contributed by atoms with E-state index in [9.17, 15) is 27.1 Å². The van der Waals surface area contributed by atoms with Gasteiger partial charge in [0.15, 0.2) is 0 Å². The normalized spacial score (nSPS) is 24.3. The number of pyridine rings is 1. The Morgan fingerprint density at radius 2 is 1.74 bits per heavy atom. The molecule has 1 aliphatic heterocycles. The molecule has 3 N–H and O–H groups in total. The number of carbonyl (C=O) groups is 1. The Hall–Kier alpha value is -2.50. The molecular weight excluding hydrogens is 471 g/mol. The van der Waals surface area contributed by atoms with Gasteiger partial charge < -0.3 is 15.0 Å². The molecule has 2 heterocycles. The van der Waals surface area contributed by atoms with Gasteiger partial charge in [-0.15, -0.1) is 13.2 Å². The number of alkyl halides is 3. The number of hydrogen-bond donors (Lipinski definition) is 3. The highest BCUT2D eigenvalue weighted by molar-refractivity contribution is 8.24. The maximum atomic E-state index is 13.4. The minimum Gasteiger partial charge on any atom is -0.406 e. The van der Waals surface area contributed by atoms with Gasteiger partial charge in [0.05, 0.1) is 23.4 Å². The van der Waals surface area contributed by atoms with Gasteiger partial charge in [-0.05, 0) is 60.8 Å². The van der Waals surface area contributed by atoms with Crippen LogP contribution in [0.2, 0.25) is 0 Å². The van der Waals surface area contributed by atoms with Crippen LogP contribution in [0.1, 0.15) is 59.1 Å². The number of ether oxygens (including phenoxy) is 1. The van der Waals surface area contributed by atoms with Crippen molar-refractivity contribution in [2.24, 2.45) is 0 Å². The first-order chi connectivity index (χ1) is 16.1. The van der Waals surface area contributed by atoms with E-state index in [4.69, 9.17) is 0 Å². The largest absolute Gasteiger partial charge is 0.573 e. The molecule has 0 spiro atoms. The van der Waals surface area contributed by atoms with Crippen molar-refractivity contribution in [2.45, 2.75) is 43.9 Å². The number of rotatable bonds is 4. The smallest absolute Gasteiger partial charge is 0.406 e. The summed E-state index contributed by atoms with van der Waals surface area (Å²) in [6, 6.07) is 5.66. The number of nitrogens with one attached hydrogen (secondary N) is 1. The van der Waals surface area contributed by atoms with Gasteiger partial charge >= 0.3 is 6.36 Å². The van der Waals surface area contributed by atoms with Crippen molar-refractivity contribution < 1.29 is 31.8 Å². The van der Waals surface area contributed by atoms with Crippen LogP contribution in [0.25, 0.3) is 0 Å². The summed E-state index contributed by atoms with van der Waals surface area (Å²) in [7, 11) is -2.62. The van der Waals surface area contributed by atoms with Crippen LogP contribution in [0.3, 0.4) is 0 Å². The molecule has 1 aromatic carbocycles. The minimum absolute atomic E-state index is 0.170. The van der Waals surface area contributed by atoms with Crippen LogP contribution in [0.15, 0.2) is 30.5 Å². The highest BCUT2D eigenvalue weighted by atomic mass is 32.3. The first-order valence-corrected chi connectivity index (χ1v) is 13.2. The van der Waals surface area contributed by atoms with E-state index in [1.54, 1.807) is 17.2 Å². The summed E-state index contributed by atoms with van der Waals surface area (Å²) in [5, 5.41) is 3.20. The molecule has 2 aromatic rings. The number of hydrogen-bond acceptors (Lipinski definition) is 6. The lowest BCUT2D eigenvalue weighted by atomic mass is 9.66. The third kappa shape index (κ3) is 4.69. The van der Waals surface area contributed by atoms with Gasteiger partial charge in [0.1, 0.15) is 11.4 Å². The monoisotopic (exact) mass is 497 g/mol. The minimum atomic E-state index is -4.78. The third-order valence-corrected chi connectivity index (χ3v) is 8.59. The Labute approximate surface area is 196 Å². The maximum Gasteiger partial charge on any atom is 0.573 e. The fraction of sp³-hybridized carbons (Fsp3) is 0.478. The first-order valence-electron chi connectivity index (χ1n) is 11.3. The summed E-state index contributed by atoms with van der Waals surface area (Å²) in [6.45, 7) is 0.551. The van der Waals surface area contributed by atoms with Crippen LogP contribution in [-0.2, 0) is 0 Å². The molecule has 7 nitrogen and oxygen atoms in total. The molecule has 184 valence electrons. The van der Waals surface area contributed by atoms with Gasteiger partial charge in [0.25, 0.3) is 5.91 Å². The fourth-order valence-corrected chi connectivity index (χ4v) is 6.57. The Bertz CT molecular complexity index is 1090. The van der Waals surface area contributed by atoms with Gasteiger partial charge in [0.2, 0.25) is 0 Å². The van der Waals surface area contributed by atoms with Crippen LogP contribution in [-0.4, -0.2) is 55.9 Å². The molecule has 0 atom stereocenters. The standard InChI is InChI=1S/C23H26F3N3O4S/c24-23(25,26)33-17-3-1-2-16(12-17)28-18-13-27-21(20-15-6-4-14(5-7-15)19(18)20)22(30)29-8-10-34(31,32)11-9-29/h1-3,12-15,28,31-32H,4-11H2. The topological polar surface area (TPSA) is 94.9 Å². The fourth-order valence-electron chi connectivity index (χ4n) is 5.34. The van der Waals surface area contributed by atoms with Crippen molar-refractivity contribution in [1.29, 1.82) is 0 Å². The van der Waals surface area contributed by atoms with Crippen molar-refractivity contribution in [3.8, 4) is 5.75 Å². The Kier molecular flexibility index (Phi) is 5.89. The van der Waals surface area contributed by atoms with E-state index in [2.05, 4.69) is 15.0 Å². The van der Waals surface area contributed by atoms with E-state index >= 15 is 0 Å². The van der Waals surface area contributed by atoms with Crippen LogP contribution in [0, 0.1) is 0 Å². The second-order valence-electron chi connectivity index (χ2n) is 9.10. The van der Waals surface area contributed by atoms with Crippen LogP contribution in [0.5, 0.6) is 5.75 Å². The lowest BCUT2D eigenvalue weighted by molar-refractivity contribution is -0.274. The molecule has 11 heteroatoms. The summed E-state index contributed by atoms with van der Waals surface area (Å²) in [5.41, 5.74) is 3.48. The van der Waals surface area contributed by atoms with E-state index in [1.807, 2.05) is 0 Å². The van der Waals surface area contributed by atoms with Gasteiger partial charge in [0, 0.05) is 24.8 Å². The number of carbonyl (C=O) groups excluding carboxylic acids is 1. The van der Waals surface area contributed by atoms with Crippen LogP contribution < -0.4 is 10.1 Å². The number of amides is 1. The van der Waals surface area contributed by atoms with Crippen molar-refractivity contribution in [1.82, 2.24) is 9.88 Å². The number of anilines is 2. The van der Waals surface area contributed by atoms with Crippen molar-refractivity contribution in [3.05, 3.63) is 47.3 Å². The van der Waals surface area contributed by atoms with E-state index in [-0.39, 0.29) is 48.1 Å². The number of fused-ring (bicyclic) bond motifs is 2. The predicted molar refractivity (Wildman–Crippen MR) is 123 cm³/mol. The quantitative estimate of drug-likeness (QED) is 0.503. The molecule has 0 unspecified atom stereocenters. The molecular formula is C23H26F3N3O4S. The number of halogens is 3. The molecule has 1 amide bonds. The van der Waals surface area contributed by atoms with E-state index < -0.39 is 17.0 Å². The molecule has 4 aliphatic rings. The Morgan fingerprint density at radius 1 is 1.09 bits per heavy atom. The van der Waals surface area contributed by atoms with E-state index in [1.165, 1.54) is 18.2 Å². The van der Waals surface area contributed by atoms with Gasteiger partial charge in [-0.1, -0.05) is 6.07 Å². The van der Waals surface area contributed by atoms with Crippen molar-refractivity contribution >= 4 is 27.9 Å². The maximum absolute atomic E-state index is 13.4. The Balaban J connectivity index is 1.46. The van der Waals surface area contributed by atoms with E-state index in [0.29, 0.717) is 17.1 Å². The van der Waals surface area contributed by atoms with Crippen LogP contribution >= 0.6 is 10.6 Å². The predicted octanol–water partition coefficient (Wildman–Crippen LogP) is 5.69. The second-order valence-corrected chi connectivity index (χ2v) is 11.5. The lowest BCUT2D eigenvalue weighted by Crippen LogP contribution is -2.43. The average Bonchev–Trinajstić information content (AvgIpc) is 2.79. The number of benzene rings is 1. The molecule has 0 radical (unpaired) electrons. The summed E-state index contributed by atoms with van der Waals surface area (Å²) in [5.74, 6) is 0.277. The molecule has 1 aromatic heterocycles. The highest BCUT2D eigenvalue weighted by Gasteiger charge is 2.40.